The molecular formula is C9H12N6O2. The number of aromatic amines is 1. The summed E-state index contributed by atoms with van der Waals surface area (Å²) in [5.74, 6) is 0.473. The van der Waals surface area contributed by atoms with Gasteiger partial charge in [-0.05, 0) is 6.92 Å². The van der Waals surface area contributed by atoms with Gasteiger partial charge in [-0.15, -0.1) is 0 Å². The van der Waals surface area contributed by atoms with Gasteiger partial charge in [0, 0.05) is 6.92 Å². The second-order valence-corrected chi connectivity index (χ2v) is 3.52. The number of carbonyl (C=O) groups excluding carboxylic acids is 1. The number of hydrogen-bond acceptors (Lipinski definition) is 6. The largest absolute Gasteiger partial charge is 0.395 e. The van der Waals surface area contributed by atoms with E-state index in [1.807, 2.05) is 0 Å². The summed E-state index contributed by atoms with van der Waals surface area (Å²) in [5, 5.41) is 12.7. The quantitative estimate of drug-likeness (QED) is 0.685. The molecule has 1 amide bonds. The number of carbonyl (C=O) groups is 1. The maximum absolute atomic E-state index is 11.7. The van der Waals surface area contributed by atoms with Gasteiger partial charge in [0.15, 0.2) is 11.5 Å². The highest BCUT2D eigenvalue weighted by atomic mass is 16.5. The van der Waals surface area contributed by atoms with Crippen LogP contribution in [0.3, 0.4) is 0 Å². The average Bonchev–Trinajstić information content (AvgIpc) is 2.84. The third-order valence-corrected chi connectivity index (χ3v) is 2.19. The molecule has 2 aromatic heterocycles. The molecule has 0 aliphatic carbocycles. The number of aromatic nitrogens is 4. The lowest BCUT2D eigenvalue weighted by atomic mass is 10.3. The van der Waals surface area contributed by atoms with Crippen molar-refractivity contribution in [2.45, 2.75) is 20.4 Å². The molecule has 0 unspecified atom stereocenters. The Kier molecular flexibility index (Phi) is 2.77. The van der Waals surface area contributed by atoms with Crippen LogP contribution in [0.4, 0.5) is 5.69 Å². The van der Waals surface area contributed by atoms with Crippen molar-refractivity contribution in [3.05, 3.63) is 23.1 Å². The Morgan fingerprint density at radius 1 is 1.53 bits per heavy atom. The van der Waals surface area contributed by atoms with Gasteiger partial charge in [0.2, 0.25) is 5.89 Å². The number of nitrogen functional groups attached to an aromatic ring is 1. The van der Waals surface area contributed by atoms with E-state index >= 15 is 0 Å². The smallest absolute Gasteiger partial charge is 0.274 e. The molecular weight excluding hydrogens is 224 g/mol. The standard InChI is InChI=1S/C9H12N6O2/c1-4-7(10)8(14-13-4)9(16)11-3-6-12-5(2)17-15-6/h3,10H2,1-2H3,(H,11,16)(H,13,14). The minimum Gasteiger partial charge on any atom is -0.395 e. The molecule has 2 heterocycles. The van der Waals surface area contributed by atoms with Crippen molar-refractivity contribution in [3.8, 4) is 0 Å². The summed E-state index contributed by atoms with van der Waals surface area (Å²) < 4.78 is 4.77. The summed E-state index contributed by atoms with van der Waals surface area (Å²) >= 11 is 0. The van der Waals surface area contributed by atoms with Crippen LogP contribution in [0, 0.1) is 13.8 Å². The van der Waals surface area contributed by atoms with Crippen molar-refractivity contribution in [1.29, 1.82) is 0 Å². The molecule has 0 fully saturated rings. The van der Waals surface area contributed by atoms with Crippen molar-refractivity contribution in [2.24, 2.45) is 0 Å². The molecule has 0 aliphatic rings. The molecule has 17 heavy (non-hydrogen) atoms. The van der Waals surface area contributed by atoms with Crippen LogP contribution in [0.25, 0.3) is 0 Å². The first kappa shape index (κ1) is 11.1. The van der Waals surface area contributed by atoms with Gasteiger partial charge in [-0.25, -0.2) is 0 Å². The fraction of sp³-hybridized carbons (Fsp3) is 0.333. The third kappa shape index (κ3) is 2.25. The Balaban J connectivity index is 2.00. The highest BCUT2D eigenvalue weighted by Gasteiger charge is 2.15. The van der Waals surface area contributed by atoms with Crippen molar-refractivity contribution < 1.29 is 9.32 Å². The van der Waals surface area contributed by atoms with E-state index in [-0.39, 0.29) is 18.1 Å². The number of nitrogens with two attached hydrogens (primary N) is 1. The van der Waals surface area contributed by atoms with E-state index in [9.17, 15) is 4.79 Å². The summed E-state index contributed by atoms with van der Waals surface area (Å²) in [6.45, 7) is 3.58. The van der Waals surface area contributed by atoms with E-state index < -0.39 is 0 Å². The molecule has 0 saturated carbocycles. The Morgan fingerprint density at radius 3 is 2.82 bits per heavy atom. The van der Waals surface area contributed by atoms with E-state index in [0.717, 1.165) is 0 Å². The fourth-order valence-corrected chi connectivity index (χ4v) is 1.27. The summed E-state index contributed by atoms with van der Waals surface area (Å²) in [6, 6.07) is 0. The molecule has 0 aromatic carbocycles. The summed E-state index contributed by atoms with van der Waals surface area (Å²) in [7, 11) is 0. The molecule has 4 N–H and O–H groups in total. The second-order valence-electron chi connectivity index (χ2n) is 3.52. The number of rotatable bonds is 3. The maximum atomic E-state index is 11.7. The van der Waals surface area contributed by atoms with Gasteiger partial charge >= 0.3 is 0 Å². The van der Waals surface area contributed by atoms with Crippen LogP contribution >= 0.6 is 0 Å². The number of aryl methyl sites for hydroxylation is 2. The van der Waals surface area contributed by atoms with Crippen LogP contribution in [0.15, 0.2) is 4.52 Å². The molecule has 2 rings (SSSR count). The van der Waals surface area contributed by atoms with Crippen molar-refractivity contribution in [2.75, 3.05) is 5.73 Å². The Hall–Kier alpha value is -2.38. The van der Waals surface area contributed by atoms with Crippen LogP contribution in [0.1, 0.15) is 27.9 Å². The SMILES string of the molecule is Cc1nc(CNC(=O)c2n[nH]c(C)c2N)no1. The molecule has 0 bridgehead atoms. The molecule has 8 nitrogen and oxygen atoms in total. The maximum Gasteiger partial charge on any atom is 0.274 e. The van der Waals surface area contributed by atoms with Crippen molar-refractivity contribution in [1.82, 2.24) is 25.7 Å². The number of hydrogen-bond donors (Lipinski definition) is 3. The van der Waals surface area contributed by atoms with Crippen molar-refractivity contribution in [3.63, 3.8) is 0 Å². The average molecular weight is 236 g/mol. The zero-order valence-corrected chi connectivity index (χ0v) is 9.44. The topological polar surface area (TPSA) is 123 Å². The lowest BCUT2D eigenvalue weighted by molar-refractivity contribution is 0.0945. The monoisotopic (exact) mass is 236 g/mol. The molecule has 0 aliphatic heterocycles. The molecule has 0 radical (unpaired) electrons. The van der Waals surface area contributed by atoms with Crippen LogP contribution in [-0.4, -0.2) is 26.2 Å². The second kappa shape index (κ2) is 4.24. The number of anilines is 1. The number of nitrogens with one attached hydrogen (secondary N) is 2. The van der Waals surface area contributed by atoms with E-state index in [2.05, 4.69) is 25.7 Å². The predicted octanol–water partition coefficient (Wildman–Crippen LogP) is -0.0783. The lowest BCUT2D eigenvalue weighted by Crippen LogP contribution is -2.24. The molecule has 0 saturated heterocycles. The summed E-state index contributed by atoms with van der Waals surface area (Å²) in [5.41, 5.74) is 6.84. The van der Waals surface area contributed by atoms with E-state index in [1.165, 1.54) is 0 Å². The highest BCUT2D eigenvalue weighted by molar-refractivity contribution is 5.97. The molecule has 0 atom stereocenters. The van der Waals surface area contributed by atoms with Crippen LogP contribution in [0.5, 0.6) is 0 Å². The van der Waals surface area contributed by atoms with E-state index in [1.54, 1.807) is 13.8 Å². The minimum absolute atomic E-state index is 0.168. The first-order valence-corrected chi connectivity index (χ1v) is 4.95. The van der Waals surface area contributed by atoms with Crippen LogP contribution in [-0.2, 0) is 6.54 Å². The minimum atomic E-state index is -0.380. The Morgan fingerprint density at radius 2 is 2.29 bits per heavy atom. The van der Waals surface area contributed by atoms with Gasteiger partial charge in [-0.2, -0.15) is 10.1 Å². The summed E-state index contributed by atoms with van der Waals surface area (Å²) in [4.78, 5) is 15.7. The summed E-state index contributed by atoms with van der Waals surface area (Å²) in [6.07, 6.45) is 0. The van der Waals surface area contributed by atoms with E-state index in [4.69, 9.17) is 10.3 Å². The first-order chi connectivity index (χ1) is 8.08. The molecule has 8 heteroatoms. The fourth-order valence-electron chi connectivity index (χ4n) is 1.27. The zero-order chi connectivity index (χ0) is 12.4. The van der Waals surface area contributed by atoms with Gasteiger partial charge < -0.3 is 15.6 Å². The first-order valence-electron chi connectivity index (χ1n) is 4.95. The molecule has 2 aromatic rings. The normalized spacial score (nSPS) is 10.5. The van der Waals surface area contributed by atoms with Crippen LogP contribution in [0.2, 0.25) is 0 Å². The van der Waals surface area contributed by atoms with Gasteiger partial charge in [0.05, 0.1) is 17.9 Å². The van der Waals surface area contributed by atoms with Gasteiger partial charge in [-0.3, -0.25) is 9.89 Å². The predicted molar refractivity (Wildman–Crippen MR) is 57.9 cm³/mol. The Labute approximate surface area is 96.6 Å². The lowest BCUT2D eigenvalue weighted by Gasteiger charge is -1.99. The number of amides is 1. The van der Waals surface area contributed by atoms with Gasteiger partial charge in [0.1, 0.15) is 0 Å². The molecule has 0 spiro atoms. The third-order valence-electron chi connectivity index (χ3n) is 2.19. The number of nitrogens with zero attached hydrogens (tertiary/aromatic N) is 3. The Bertz CT molecular complexity index is 543. The van der Waals surface area contributed by atoms with Crippen LogP contribution < -0.4 is 11.1 Å². The van der Waals surface area contributed by atoms with E-state index in [0.29, 0.717) is 23.1 Å². The number of H-pyrrole nitrogens is 1. The molecule has 90 valence electrons. The zero-order valence-electron chi connectivity index (χ0n) is 9.44. The van der Waals surface area contributed by atoms with Crippen molar-refractivity contribution >= 4 is 11.6 Å². The van der Waals surface area contributed by atoms with Gasteiger partial charge in [0.25, 0.3) is 5.91 Å². The van der Waals surface area contributed by atoms with Gasteiger partial charge in [-0.1, -0.05) is 5.16 Å². The highest BCUT2D eigenvalue weighted by Crippen LogP contribution is 2.11.